The molecule has 144 heavy (non-hydrogen) atoms. The summed E-state index contributed by atoms with van der Waals surface area (Å²) in [6.07, 6.45) is -19.6. The Hall–Kier alpha value is -13.6. The summed E-state index contributed by atoms with van der Waals surface area (Å²) in [5.74, 6) is -53.7. The van der Waals surface area contributed by atoms with Gasteiger partial charge in [0.1, 0.15) is 61.5 Å². The van der Waals surface area contributed by atoms with Crippen molar-refractivity contribution in [2.24, 2.45) is 7.05 Å². The largest absolute Gasteiger partial charge is 0.463 e. The molecule has 0 unspecified atom stereocenters. The van der Waals surface area contributed by atoms with Gasteiger partial charge in [0, 0.05) is 144 Å². The lowest BCUT2D eigenvalue weighted by Crippen LogP contribution is -2.61. The van der Waals surface area contributed by atoms with Crippen LogP contribution in [0.25, 0.3) is 90.9 Å². The highest BCUT2D eigenvalue weighted by Crippen LogP contribution is 2.52. The third-order valence-corrected chi connectivity index (χ3v) is 26.0. The molecular weight excluding hydrogens is 2040 g/mol. The van der Waals surface area contributed by atoms with Crippen molar-refractivity contribution in [1.29, 1.82) is 0 Å². The van der Waals surface area contributed by atoms with Gasteiger partial charge in [0.05, 0.1) is 64.6 Å². The number of nitrogens with one attached hydrogen (secondary N) is 2. The minimum atomic E-state index is -2.58. The molecule has 15 atom stereocenters. The Balaban J connectivity index is 1.14. The molecule has 0 aliphatic carbocycles. The summed E-state index contributed by atoms with van der Waals surface area (Å²) in [6, 6.07) is 5.01. The van der Waals surface area contributed by atoms with E-state index in [1.807, 2.05) is 0 Å². The number of aromatic nitrogens is 5. The SMILES string of the molecule is CC(=O)OC[C@H]1O[C@@H](Sc2c(F)c(F)c(-c3c4nc(c(-c5c(F)c(F)c(S[C@@H]6O[C@H](COC(C)=O)[C@@H](OC(C)=O)[C@H](OC(C)=O)[C@H]6OC(C)=O)c(F)c5F)c5ccc([nH]5)c(-c5c(F)c(F)c(S[C@@H]6O[C@H](COC(C)=O)[C@@H](OC(C)=O)[C@H](OC(C)=O)[C@H]6OC(C)=O)c(F)c5F)c5nc(c(-c6c(F)c(F)c(Sc7cc[n+](C)cc7)c(F)c6F)c6ccc3[nH]6)C=C5)C=C4)c(F)c2F)[C@H](OC(C)=O)[C@@H](OC(C)=O)[C@@H]1OC(C)=O. The van der Waals surface area contributed by atoms with E-state index in [4.69, 9.17) is 71.1 Å². The molecule has 0 spiro atoms. The number of aryl methyl sites for hydroxylation is 1. The van der Waals surface area contributed by atoms with Crippen LogP contribution in [-0.4, -0.2) is 201 Å². The molecule has 3 saturated heterocycles. The molecule has 0 radical (unpaired) electrons. The van der Waals surface area contributed by atoms with Crippen molar-refractivity contribution in [1.82, 2.24) is 19.9 Å². The van der Waals surface area contributed by atoms with E-state index in [1.165, 1.54) is 36.1 Å². The number of halogens is 16. The van der Waals surface area contributed by atoms with Crippen LogP contribution >= 0.6 is 47.0 Å². The van der Waals surface area contributed by atoms with Gasteiger partial charge in [-0.05, 0) is 48.6 Å². The van der Waals surface area contributed by atoms with E-state index < -0.39 is 395 Å². The van der Waals surface area contributed by atoms with Crippen molar-refractivity contribution in [2.75, 3.05) is 19.8 Å². The number of esters is 12. The van der Waals surface area contributed by atoms with Crippen LogP contribution in [0.4, 0.5) is 70.2 Å². The number of carbonyl (C=O) groups is 12. The van der Waals surface area contributed by atoms with Gasteiger partial charge in [-0.15, -0.1) is 0 Å². The standard InChI is InChI=1S/C92H74F16N5O27S4/c1-29(114)126-26-50-77(129-32(4)117)80(132-35(7)120)83(135-38(10)123)90(138-50)142-87-71(103)63(95)58(64(96)72(87)104)54-44-16-14-42(109-44)53(57-61(93)69(101)86(70(102)62(57)94)141-41-22-24-113(13)25-23-41)43-15-17-45(110-43)55(59-65(97)73(105)88(74(106)66(59)98)143-91-84(136-39(11)124)81(133-36(8)121)78(130-33(5)118)51(139-91)27-127-30(2)115)47-19-21-49(112-47)56(48-20-18-46(54)111-48)60-67(99)75(107)89(76(108)68(60)100)144-92-85(137-40(12)125)82(134-37(9)122)79(131-34(6)119)52(140-92)28-128-31(3)116/h14-25,50-52,77-85,90-92,109,112H,26-28H2,1-13H3/q+1/t50-,51-,52-,77-,78-,79-,80+,81+,82+,83-,84-,85-,90+,91+,92+/m1/s1. The molecule has 9 heterocycles. The maximum atomic E-state index is 18.5. The van der Waals surface area contributed by atoms with E-state index in [1.54, 1.807) is 0 Å². The van der Waals surface area contributed by atoms with Crippen molar-refractivity contribution in [3.63, 3.8) is 0 Å². The molecule has 764 valence electrons. The molecular formula is C92H74F16N5O27S4+. The fourth-order valence-corrected chi connectivity index (χ4v) is 20.2. The Morgan fingerprint density at radius 2 is 0.479 bits per heavy atom. The second-order valence-corrected chi connectivity index (χ2v) is 36.1. The lowest BCUT2D eigenvalue weighted by molar-refractivity contribution is -0.671. The van der Waals surface area contributed by atoms with Crippen molar-refractivity contribution in [3.05, 3.63) is 165 Å². The molecule has 2 N–H and O–H groups in total. The number of H-pyrrole nitrogens is 2. The van der Waals surface area contributed by atoms with E-state index in [0.29, 0.717) is 48.6 Å². The molecule has 4 aromatic carbocycles. The van der Waals surface area contributed by atoms with Crippen LogP contribution in [0.15, 0.2) is 73.3 Å². The smallest absolute Gasteiger partial charge is 0.303 e. The molecule has 32 nitrogen and oxygen atoms in total. The fourth-order valence-electron chi connectivity index (χ4n) is 15.9. The summed E-state index contributed by atoms with van der Waals surface area (Å²) in [6.45, 7) is 6.68. The van der Waals surface area contributed by atoms with Gasteiger partial charge >= 0.3 is 71.6 Å². The number of aromatic amines is 2. The minimum absolute atomic E-state index is 0.0624. The Morgan fingerprint density at radius 3 is 0.688 bits per heavy atom. The highest BCUT2D eigenvalue weighted by atomic mass is 32.2. The Morgan fingerprint density at radius 1 is 0.278 bits per heavy atom. The van der Waals surface area contributed by atoms with Crippen molar-refractivity contribution in [2.45, 2.75) is 197 Å². The molecule has 5 aliphatic heterocycles. The number of pyridine rings is 1. The second-order valence-electron chi connectivity index (χ2n) is 31.7. The quantitative estimate of drug-likeness (QED) is 0.0159. The molecule has 8 aromatic rings. The first-order valence-electron chi connectivity index (χ1n) is 42.0. The lowest BCUT2D eigenvalue weighted by atomic mass is 9.99. The van der Waals surface area contributed by atoms with Gasteiger partial charge in [0.2, 0.25) is 0 Å². The van der Waals surface area contributed by atoms with Crippen molar-refractivity contribution >= 4 is 165 Å². The molecule has 3 fully saturated rings. The van der Waals surface area contributed by atoms with Crippen LogP contribution in [-0.2, 0) is 136 Å². The molecule has 0 amide bonds. The van der Waals surface area contributed by atoms with E-state index in [2.05, 4.69) is 19.9 Å². The van der Waals surface area contributed by atoms with Gasteiger partial charge in [-0.25, -0.2) is 84.8 Å². The van der Waals surface area contributed by atoms with Crippen LogP contribution in [0.2, 0.25) is 0 Å². The average Bonchev–Trinajstić information content (AvgIpc) is 1.42. The summed E-state index contributed by atoms with van der Waals surface area (Å²) in [4.78, 5) is 159. The van der Waals surface area contributed by atoms with Gasteiger partial charge in [-0.1, -0.05) is 47.0 Å². The summed E-state index contributed by atoms with van der Waals surface area (Å²) in [7, 11) is 1.52. The van der Waals surface area contributed by atoms with Crippen molar-refractivity contribution in [3.8, 4) is 44.5 Å². The maximum absolute atomic E-state index is 18.5. The van der Waals surface area contributed by atoms with E-state index in [-0.39, 0.29) is 40.2 Å². The van der Waals surface area contributed by atoms with Gasteiger partial charge < -0.3 is 81.0 Å². The van der Waals surface area contributed by atoms with Crippen LogP contribution < -0.4 is 4.57 Å². The molecule has 13 rings (SSSR count). The Labute approximate surface area is 817 Å². The fraction of sp³-hybridized carbons (Fsp3) is 0.337. The normalized spacial score (nSPS) is 21.1. The molecule has 4 aromatic heterocycles. The average molecular weight is 2110 g/mol. The number of rotatable bonds is 27. The van der Waals surface area contributed by atoms with Gasteiger partial charge in [0.25, 0.3) is 0 Å². The topological polar surface area (TPSA) is 405 Å². The number of thioether (sulfide) groups is 3. The highest BCUT2D eigenvalue weighted by molar-refractivity contribution is 8.00. The lowest BCUT2D eigenvalue weighted by Gasteiger charge is -2.44. The number of fused-ring (bicyclic) bond motifs is 8. The van der Waals surface area contributed by atoms with E-state index in [9.17, 15) is 57.5 Å². The summed E-state index contributed by atoms with van der Waals surface area (Å²) < 4.78 is 372. The predicted octanol–water partition coefficient (Wildman–Crippen LogP) is 15.1. The van der Waals surface area contributed by atoms with Crippen LogP contribution in [0.3, 0.4) is 0 Å². The third-order valence-electron chi connectivity index (χ3n) is 21.4. The zero-order valence-electron chi connectivity index (χ0n) is 76.3. The molecule has 8 bridgehead atoms. The summed E-state index contributed by atoms with van der Waals surface area (Å²) in [5.41, 5.74) is -29.0. The maximum Gasteiger partial charge on any atom is 0.303 e. The number of hydrogen-bond donors (Lipinski definition) is 2. The van der Waals surface area contributed by atoms with Crippen molar-refractivity contribution < 1.29 is 203 Å². The number of benzene rings is 4. The molecule has 5 aliphatic rings. The first-order valence-corrected chi connectivity index (χ1v) is 45.5. The Kier molecular flexibility index (Phi) is 33.2. The summed E-state index contributed by atoms with van der Waals surface area (Å²) in [5, 5.41) is 0. The molecule has 0 saturated carbocycles. The number of hydrogen-bond acceptors (Lipinski definition) is 33. The zero-order valence-corrected chi connectivity index (χ0v) is 79.5. The highest BCUT2D eigenvalue weighted by Gasteiger charge is 2.57. The third kappa shape index (κ3) is 22.7. The minimum Gasteiger partial charge on any atom is -0.463 e. The second kappa shape index (κ2) is 44.3. The first-order chi connectivity index (χ1) is 67.8. The van der Waals surface area contributed by atoms with E-state index >= 15 is 70.2 Å². The number of ether oxygens (including phenoxy) is 15. The number of carbonyl (C=O) groups excluding carboxylic acids is 12. The van der Waals surface area contributed by atoms with Crippen LogP contribution in [0.1, 0.15) is 106 Å². The first kappa shape index (κ1) is 108. The van der Waals surface area contributed by atoms with Crippen LogP contribution in [0, 0.1) is 93.1 Å². The monoisotopic (exact) mass is 2110 g/mol. The predicted molar refractivity (Wildman–Crippen MR) is 465 cm³/mol. The van der Waals surface area contributed by atoms with Crippen LogP contribution in [0.5, 0.6) is 0 Å². The van der Waals surface area contributed by atoms with Gasteiger partial charge in [-0.3, -0.25) is 57.5 Å². The zero-order chi connectivity index (χ0) is 105. The molecule has 52 heteroatoms. The van der Waals surface area contributed by atoms with Gasteiger partial charge in [-0.2, -0.15) is 0 Å². The van der Waals surface area contributed by atoms with E-state index in [0.717, 1.165) is 83.1 Å². The van der Waals surface area contributed by atoms with Gasteiger partial charge in [0.15, 0.2) is 160 Å². The Bertz CT molecular complexity index is 6620. The summed E-state index contributed by atoms with van der Waals surface area (Å²) >= 11 is -1.02. The number of nitrogens with zero attached hydrogens (tertiary/aromatic N) is 3.